The summed E-state index contributed by atoms with van der Waals surface area (Å²) in [5, 5.41) is 9.11. The Morgan fingerprint density at radius 3 is 2.62 bits per heavy atom. The fourth-order valence-corrected chi connectivity index (χ4v) is 2.92. The average molecular weight is 332 g/mol. The Hall–Kier alpha value is -0.620. The molecule has 1 aliphatic heterocycles. The first-order chi connectivity index (χ1) is 7.72. The van der Waals surface area contributed by atoms with Gasteiger partial charge in [0.2, 0.25) is 0 Å². The molecule has 0 amide bonds. The SMILES string of the molecule is O=C1O[C@@](CI)(c2ccccc2)C[C@@H]1CO. The van der Waals surface area contributed by atoms with Gasteiger partial charge in [0.25, 0.3) is 0 Å². The van der Waals surface area contributed by atoms with Gasteiger partial charge in [-0.15, -0.1) is 0 Å². The van der Waals surface area contributed by atoms with Crippen LogP contribution in [0.15, 0.2) is 30.3 Å². The van der Waals surface area contributed by atoms with Gasteiger partial charge in [0.05, 0.1) is 12.5 Å². The largest absolute Gasteiger partial charge is 0.453 e. The summed E-state index contributed by atoms with van der Waals surface area (Å²) in [6, 6.07) is 9.73. The lowest BCUT2D eigenvalue weighted by Gasteiger charge is -2.25. The number of alkyl halides is 1. The number of hydrogen-bond acceptors (Lipinski definition) is 3. The lowest BCUT2D eigenvalue weighted by atomic mass is 9.89. The summed E-state index contributed by atoms with van der Waals surface area (Å²) in [4.78, 5) is 11.6. The summed E-state index contributed by atoms with van der Waals surface area (Å²) in [5.41, 5.74) is 0.459. The summed E-state index contributed by atoms with van der Waals surface area (Å²) in [7, 11) is 0. The molecule has 1 aromatic rings. The molecular formula is C12H13IO3. The minimum absolute atomic E-state index is 0.135. The average Bonchev–Trinajstić information content (AvgIpc) is 2.68. The van der Waals surface area contributed by atoms with Gasteiger partial charge in [-0.3, -0.25) is 4.79 Å². The molecule has 2 atom stereocenters. The number of esters is 1. The predicted molar refractivity (Wildman–Crippen MR) is 68.3 cm³/mol. The maximum Gasteiger partial charge on any atom is 0.312 e. The maximum absolute atomic E-state index is 11.6. The number of rotatable bonds is 3. The molecule has 1 heterocycles. The Labute approximate surface area is 108 Å². The van der Waals surface area contributed by atoms with Crippen LogP contribution in [-0.2, 0) is 15.1 Å². The lowest BCUT2D eigenvalue weighted by molar-refractivity contribution is -0.150. The molecule has 1 saturated heterocycles. The number of aliphatic hydroxyl groups is 1. The van der Waals surface area contributed by atoms with Crippen molar-refractivity contribution in [3.05, 3.63) is 35.9 Å². The van der Waals surface area contributed by atoms with Crippen molar-refractivity contribution in [1.29, 1.82) is 0 Å². The van der Waals surface area contributed by atoms with Crippen LogP contribution in [0.4, 0.5) is 0 Å². The summed E-state index contributed by atoms with van der Waals surface area (Å²) in [6.45, 7) is -0.135. The Balaban J connectivity index is 2.32. The second kappa shape index (κ2) is 4.71. The monoisotopic (exact) mass is 332 g/mol. The van der Waals surface area contributed by atoms with Crippen molar-refractivity contribution < 1.29 is 14.6 Å². The van der Waals surface area contributed by atoms with E-state index in [1.54, 1.807) is 0 Å². The van der Waals surface area contributed by atoms with Gasteiger partial charge in [-0.25, -0.2) is 0 Å². The molecule has 1 N–H and O–H groups in total. The van der Waals surface area contributed by atoms with Crippen LogP contribution in [0, 0.1) is 5.92 Å². The number of benzene rings is 1. The fourth-order valence-electron chi connectivity index (χ4n) is 2.02. The third kappa shape index (κ3) is 1.96. The highest BCUT2D eigenvalue weighted by atomic mass is 127. The van der Waals surface area contributed by atoms with Crippen molar-refractivity contribution in [2.45, 2.75) is 12.0 Å². The molecule has 2 rings (SSSR count). The van der Waals surface area contributed by atoms with Gasteiger partial charge in [-0.1, -0.05) is 52.9 Å². The van der Waals surface area contributed by atoms with E-state index in [2.05, 4.69) is 22.6 Å². The van der Waals surface area contributed by atoms with Crippen molar-refractivity contribution in [2.24, 2.45) is 5.92 Å². The van der Waals surface area contributed by atoms with Crippen LogP contribution in [0.5, 0.6) is 0 Å². The first-order valence-corrected chi connectivity index (χ1v) is 6.69. The first-order valence-electron chi connectivity index (χ1n) is 5.17. The van der Waals surface area contributed by atoms with E-state index in [1.165, 1.54) is 0 Å². The highest BCUT2D eigenvalue weighted by Crippen LogP contribution is 2.41. The number of halogens is 1. The van der Waals surface area contributed by atoms with Crippen molar-refractivity contribution in [3.8, 4) is 0 Å². The zero-order chi connectivity index (χ0) is 11.6. The van der Waals surface area contributed by atoms with Gasteiger partial charge in [0.1, 0.15) is 5.60 Å². The molecular weight excluding hydrogens is 319 g/mol. The second-order valence-corrected chi connectivity index (χ2v) is 4.76. The molecule has 16 heavy (non-hydrogen) atoms. The highest BCUT2D eigenvalue weighted by molar-refractivity contribution is 14.1. The summed E-state index contributed by atoms with van der Waals surface area (Å²) in [5.74, 6) is -0.669. The summed E-state index contributed by atoms with van der Waals surface area (Å²) in [6.07, 6.45) is 0.565. The van der Waals surface area contributed by atoms with Gasteiger partial charge in [-0.2, -0.15) is 0 Å². The topological polar surface area (TPSA) is 46.5 Å². The third-order valence-corrected chi connectivity index (χ3v) is 4.17. The van der Waals surface area contributed by atoms with Gasteiger partial charge in [0, 0.05) is 10.8 Å². The Morgan fingerprint density at radius 2 is 2.12 bits per heavy atom. The maximum atomic E-state index is 11.6. The number of carbonyl (C=O) groups excluding carboxylic acids is 1. The van der Waals surface area contributed by atoms with Crippen molar-refractivity contribution in [2.75, 3.05) is 11.0 Å². The number of aliphatic hydroxyl groups excluding tert-OH is 1. The van der Waals surface area contributed by atoms with Crippen LogP contribution in [-0.4, -0.2) is 22.1 Å². The van der Waals surface area contributed by atoms with Crippen molar-refractivity contribution >= 4 is 28.6 Å². The fraction of sp³-hybridized carbons (Fsp3) is 0.417. The third-order valence-electron chi connectivity index (χ3n) is 2.94. The molecule has 3 nitrogen and oxygen atoms in total. The standard InChI is InChI=1S/C12H13IO3/c13-8-12(10-4-2-1-3-5-10)6-9(7-14)11(15)16-12/h1-5,9,14H,6-8H2/t9-,12+/m1/s1. The smallest absolute Gasteiger partial charge is 0.312 e. The van der Waals surface area contributed by atoms with Crippen molar-refractivity contribution in [1.82, 2.24) is 0 Å². The normalized spacial score (nSPS) is 29.1. The van der Waals surface area contributed by atoms with E-state index >= 15 is 0 Å². The highest BCUT2D eigenvalue weighted by Gasteiger charge is 2.46. The second-order valence-electron chi connectivity index (χ2n) is 4.00. The van der Waals surface area contributed by atoms with Gasteiger partial charge in [0.15, 0.2) is 0 Å². The molecule has 0 bridgehead atoms. The van der Waals surface area contributed by atoms with E-state index in [9.17, 15) is 4.79 Å². The lowest BCUT2D eigenvalue weighted by Crippen LogP contribution is -2.27. The Morgan fingerprint density at radius 1 is 1.44 bits per heavy atom. The summed E-state index contributed by atoms with van der Waals surface area (Å²) >= 11 is 2.22. The van der Waals surface area contributed by atoms with Crippen LogP contribution in [0.1, 0.15) is 12.0 Å². The molecule has 0 saturated carbocycles. The van der Waals surface area contributed by atoms with Crippen LogP contribution in [0.25, 0.3) is 0 Å². The molecule has 86 valence electrons. The molecule has 1 fully saturated rings. The van der Waals surface area contributed by atoms with E-state index in [0.717, 1.165) is 5.56 Å². The molecule has 0 aliphatic carbocycles. The molecule has 1 aromatic carbocycles. The van der Waals surface area contributed by atoms with Crippen LogP contribution >= 0.6 is 22.6 Å². The zero-order valence-electron chi connectivity index (χ0n) is 8.73. The molecule has 4 heteroatoms. The van der Waals surface area contributed by atoms with Crippen molar-refractivity contribution in [3.63, 3.8) is 0 Å². The number of ether oxygens (including phenoxy) is 1. The molecule has 1 aliphatic rings. The molecule has 0 radical (unpaired) electrons. The predicted octanol–water partition coefficient (Wildman–Crippen LogP) is 1.87. The quantitative estimate of drug-likeness (QED) is 0.522. The summed E-state index contributed by atoms with van der Waals surface area (Å²) < 4.78 is 6.19. The number of carbonyl (C=O) groups is 1. The molecule has 0 aromatic heterocycles. The van der Waals surface area contributed by atoms with Gasteiger partial charge >= 0.3 is 5.97 Å². The molecule has 0 spiro atoms. The van der Waals surface area contributed by atoms with E-state index in [4.69, 9.17) is 9.84 Å². The Bertz CT molecular complexity index is 379. The minimum atomic E-state index is -0.549. The van der Waals surface area contributed by atoms with Gasteiger partial charge < -0.3 is 9.84 Å². The van der Waals surface area contributed by atoms with Crippen LogP contribution < -0.4 is 0 Å². The molecule has 0 unspecified atom stereocenters. The van der Waals surface area contributed by atoms with E-state index in [0.29, 0.717) is 10.8 Å². The van der Waals surface area contributed by atoms with E-state index in [-0.39, 0.29) is 18.5 Å². The van der Waals surface area contributed by atoms with Gasteiger partial charge in [-0.05, 0) is 5.56 Å². The number of hydrogen-bond donors (Lipinski definition) is 1. The minimum Gasteiger partial charge on any atom is -0.453 e. The van der Waals surface area contributed by atoms with E-state index < -0.39 is 5.60 Å². The zero-order valence-corrected chi connectivity index (χ0v) is 10.9. The van der Waals surface area contributed by atoms with E-state index in [1.807, 2.05) is 30.3 Å². The first kappa shape index (κ1) is 11.9. The number of cyclic esters (lactones) is 1. The van der Waals surface area contributed by atoms with Crippen LogP contribution in [0.3, 0.4) is 0 Å². The van der Waals surface area contributed by atoms with Crippen LogP contribution in [0.2, 0.25) is 0 Å². The Kier molecular flexibility index (Phi) is 3.49.